The van der Waals surface area contributed by atoms with Crippen molar-refractivity contribution in [1.82, 2.24) is 19.6 Å². The number of nitriles is 1. The molecule has 6 heteroatoms. The summed E-state index contributed by atoms with van der Waals surface area (Å²) in [7, 11) is 1.79. The van der Waals surface area contributed by atoms with Gasteiger partial charge in [-0.15, -0.1) is 0 Å². The first-order chi connectivity index (χ1) is 7.97. The Morgan fingerprint density at radius 1 is 1.18 bits per heavy atom. The standard InChI is InChI=1S/C11H12ClN5/c1-6-9(5-13)11(16(4)14-6)17-8(3)10(12)7(2)15-17/h1-4H3. The van der Waals surface area contributed by atoms with E-state index in [9.17, 15) is 0 Å². The van der Waals surface area contributed by atoms with Gasteiger partial charge in [0.25, 0.3) is 0 Å². The second-order valence-corrected chi connectivity index (χ2v) is 4.29. The van der Waals surface area contributed by atoms with Gasteiger partial charge in [-0.3, -0.25) is 0 Å². The van der Waals surface area contributed by atoms with Gasteiger partial charge in [0.05, 0.1) is 22.1 Å². The van der Waals surface area contributed by atoms with E-state index in [1.165, 1.54) is 0 Å². The summed E-state index contributed by atoms with van der Waals surface area (Å²) in [5.74, 6) is 0.650. The zero-order valence-electron chi connectivity index (χ0n) is 10.1. The number of hydrogen-bond acceptors (Lipinski definition) is 3. The summed E-state index contributed by atoms with van der Waals surface area (Å²) in [6, 6.07) is 2.15. The van der Waals surface area contributed by atoms with Crippen LogP contribution < -0.4 is 0 Å². The molecule has 0 aromatic carbocycles. The maximum Gasteiger partial charge on any atom is 0.170 e. The van der Waals surface area contributed by atoms with Crippen molar-refractivity contribution in [3.8, 4) is 11.9 Å². The summed E-state index contributed by atoms with van der Waals surface area (Å²) in [6.45, 7) is 5.50. The van der Waals surface area contributed by atoms with Gasteiger partial charge >= 0.3 is 0 Å². The molecule has 0 radical (unpaired) electrons. The van der Waals surface area contributed by atoms with Crippen LogP contribution >= 0.6 is 11.6 Å². The van der Waals surface area contributed by atoms with Gasteiger partial charge in [0.1, 0.15) is 11.6 Å². The fourth-order valence-electron chi connectivity index (χ4n) is 1.85. The first kappa shape index (κ1) is 11.7. The van der Waals surface area contributed by atoms with E-state index in [0.29, 0.717) is 22.1 Å². The first-order valence-corrected chi connectivity index (χ1v) is 5.51. The van der Waals surface area contributed by atoms with Gasteiger partial charge in [0, 0.05) is 7.05 Å². The van der Waals surface area contributed by atoms with E-state index in [1.807, 2.05) is 13.8 Å². The van der Waals surface area contributed by atoms with Crippen LogP contribution in [-0.2, 0) is 7.05 Å². The van der Waals surface area contributed by atoms with Crippen molar-refractivity contribution < 1.29 is 0 Å². The van der Waals surface area contributed by atoms with E-state index >= 15 is 0 Å². The van der Waals surface area contributed by atoms with Crippen LogP contribution in [0.3, 0.4) is 0 Å². The third kappa shape index (κ3) is 1.61. The highest BCUT2D eigenvalue weighted by atomic mass is 35.5. The van der Waals surface area contributed by atoms with Crippen molar-refractivity contribution in [2.24, 2.45) is 7.05 Å². The molecule has 2 aromatic rings. The number of hydrogen-bond donors (Lipinski definition) is 0. The lowest BCUT2D eigenvalue weighted by molar-refractivity contribution is 0.682. The Bertz CT molecular complexity index is 629. The SMILES string of the molecule is Cc1nn(-c2c(C#N)c(C)nn2C)c(C)c1Cl. The van der Waals surface area contributed by atoms with Gasteiger partial charge in [0.15, 0.2) is 5.82 Å². The molecule has 0 atom stereocenters. The molecule has 0 aliphatic heterocycles. The van der Waals surface area contributed by atoms with E-state index in [4.69, 9.17) is 16.9 Å². The van der Waals surface area contributed by atoms with Crippen LogP contribution in [0.25, 0.3) is 5.82 Å². The van der Waals surface area contributed by atoms with Crippen molar-refractivity contribution >= 4 is 11.6 Å². The molecule has 0 saturated heterocycles. The zero-order valence-corrected chi connectivity index (χ0v) is 10.9. The molecular formula is C11H12ClN5. The number of rotatable bonds is 1. The van der Waals surface area contributed by atoms with Crippen molar-refractivity contribution in [1.29, 1.82) is 5.26 Å². The van der Waals surface area contributed by atoms with Crippen LogP contribution in [0.15, 0.2) is 0 Å². The Morgan fingerprint density at radius 2 is 1.82 bits per heavy atom. The highest BCUT2D eigenvalue weighted by Gasteiger charge is 2.19. The smallest absolute Gasteiger partial charge is 0.170 e. The molecule has 0 N–H and O–H groups in total. The Kier molecular flexibility index (Phi) is 2.68. The predicted molar refractivity (Wildman–Crippen MR) is 64.3 cm³/mol. The van der Waals surface area contributed by atoms with Crippen molar-refractivity contribution in [2.75, 3.05) is 0 Å². The van der Waals surface area contributed by atoms with Gasteiger partial charge in [-0.2, -0.15) is 15.5 Å². The molecule has 17 heavy (non-hydrogen) atoms. The molecule has 0 unspecified atom stereocenters. The highest BCUT2D eigenvalue weighted by Crippen LogP contribution is 2.24. The Labute approximate surface area is 104 Å². The molecule has 0 saturated carbocycles. The van der Waals surface area contributed by atoms with Gasteiger partial charge < -0.3 is 0 Å². The van der Waals surface area contributed by atoms with Crippen molar-refractivity contribution in [3.63, 3.8) is 0 Å². The molecule has 0 bridgehead atoms. The van der Waals surface area contributed by atoms with Crippen LogP contribution in [0.4, 0.5) is 0 Å². The number of aromatic nitrogens is 4. The third-order valence-electron chi connectivity index (χ3n) is 2.71. The molecule has 0 aliphatic rings. The first-order valence-electron chi connectivity index (χ1n) is 5.13. The lowest BCUT2D eigenvalue weighted by Gasteiger charge is -2.04. The zero-order chi connectivity index (χ0) is 12.7. The average Bonchev–Trinajstić information content (AvgIpc) is 2.69. The Hall–Kier alpha value is -1.80. The molecule has 0 amide bonds. The third-order valence-corrected chi connectivity index (χ3v) is 3.25. The van der Waals surface area contributed by atoms with E-state index in [1.54, 1.807) is 23.3 Å². The van der Waals surface area contributed by atoms with E-state index in [-0.39, 0.29) is 0 Å². The fraction of sp³-hybridized carbons (Fsp3) is 0.364. The molecule has 2 heterocycles. The van der Waals surface area contributed by atoms with Crippen LogP contribution in [0, 0.1) is 32.1 Å². The Morgan fingerprint density at radius 3 is 2.29 bits per heavy atom. The monoisotopic (exact) mass is 249 g/mol. The second-order valence-electron chi connectivity index (χ2n) is 3.92. The highest BCUT2D eigenvalue weighted by molar-refractivity contribution is 6.31. The lowest BCUT2D eigenvalue weighted by Crippen LogP contribution is -2.07. The minimum atomic E-state index is 0.523. The topological polar surface area (TPSA) is 59.4 Å². The number of nitrogens with zero attached hydrogens (tertiary/aromatic N) is 5. The van der Waals surface area contributed by atoms with Crippen molar-refractivity contribution in [2.45, 2.75) is 20.8 Å². The van der Waals surface area contributed by atoms with Crippen LogP contribution in [0.1, 0.15) is 22.6 Å². The summed E-state index contributed by atoms with van der Waals surface area (Å²) in [5, 5.41) is 18.3. The van der Waals surface area contributed by atoms with Crippen LogP contribution in [0.5, 0.6) is 0 Å². The molecular weight excluding hydrogens is 238 g/mol. The van der Waals surface area contributed by atoms with Gasteiger partial charge in [-0.1, -0.05) is 11.6 Å². The summed E-state index contributed by atoms with van der Waals surface area (Å²) < 4.78 is 3.31. The van der Waals surface area contributed by atoms with E-state index < -0.39 is 0 Å². The molecule has 2 aromatic heterocycles. The van der Waals surface area contributed by atoms with Gasteiger partial charge in [-0.05, 0) is 20.8 Å². The summed E-state index contributed by atoms with van der Waals surface area (Å²) in [5.41, 5.74) is 2.76. The summed E-state index contributed by atoms with van der Waals surface area (Å²) in [6.07, 6.45) is 0. The van der Waals surface area contributed by atoms with E-state index in [2.05, 4.69) is 16.3 Å². The summed E-state index contributed by atoms with van der Waals surface area (Å²) >= 11 is 6.11. The quantitative estimate of drug-likeness (QED) is 0.777. The van der Waals surface area contributed by atoms with Gasteiger partial charge in [-0.25, -0.2) is 9.36 Å². The maximum atomic E-state index is 9.16. The normalized spacial score (nSPS) is 10.6. The predicted octanol–water partition coefficient (Wildman–Crippen LogP) is 2.06. The second kappa shape index (κ2) is 3.90. The number of aryl methyl sites for hydroxylation is 3. The van der Waals surface area contributed by atoms with E-state index in [0.717, 1.165) is 11.4 Å². The van der Waals surface area contributed by atoms with Gasteiger partial charge in [0.2, 0.25) is 0 Å². The summed E-state index contributed by atoms with van der Waals surface area (Å²) in [4.78, 5) is 0. The molecule has 2 rings (SSSR count). The lowest BCUT2D eigenvalue weighted by atomic mass is 10.2. The fourth-order valence-corrected chi connectivity index (χ4v) is 1.97. The van der Waals surface area contributed by atoms with Crippen molar-refractivity contribution in [3.05, 3.63) is 27.7 Å². The average molecular weight is 250 g/mol. The largest absolute Gasteiger partial charge is 0.250 e. The molecule has 0 fully saturated rings. The molecule has 0 spiro atoms. The molecule has 0 aliphatic carbocycles. The maximum absolute atomic E-state index is 9.16. The Balaban J connectivity index is 2.77. The van der Waals surface area contributed by atoms with Crippen LogP contribution in [0.2, 0.25) is 5.02 Å². The minimum Gasteiger partial charge on any atom is -0.250 e. The minimum absolute atomic E-state index is 0.523. The number of halogens is 1. The van der Waals surface area contributed by atoms with Crippen LogP contribution in [-0.4, -0.2) is 19.6 Å². The molecule has 5 nitrogen and oxygen atoms in total. The molecule has 88 valence electrons.